The minimum Gasteiger partial charge on any atom is -0.280 e. The van der Waals surface area contributed by atoms with Gasteiger partial charge in [-0.1, -0.05) is 51.1 Å². The zero-order chi connectivity index (χ0) is 19.1. The molecule has 3 aromatic rings. The van der Waals surface area contributed by atoms with E-state index in [9.17, 15) is 9.59 Å². The van der Waals surface area contributed by atoms with Crippen molar-refractivity contribution in [3.05, 3.63) is 62.6 Å². The van der Waals surface area contributed by atoms with Crippen molar-refractivity contribution < 1.29 is 0 Å². The minimum atomic E-state index is -0.389. The number of aryl methyl sites for hydroxylation is 1. The van der Waals surface area contributed by atoms with Gasteiger partial charge in [0, 0.05) is 25.3 Å². The first-order valence-corrected chi connectivity index (χ1v) is 9.33. The molecule has 0 aliphatic carbocycles. The van der Waals surface area contributed by atoms with Crippen LogP contribution < -0.4 is 11.2 Å². The molecule has 3 rings (SSSR count). The normalized spacial score (nSPS) is 11.9. The molecule has 0 spiro atoms. The second-order valence-corrected chi connectivity index (χ2v) is 8.25. The topological polar surface area (TPSA) is 69.8 Å². The summed E-state index contributed by atoms with van der Waals surface area (Å²) in [5, 5.41) is 1.00. The Kier molecular flexibility index (Phi) is 4.75. The summed E-state index contributed by atoms with van der Waals surface area (Å²) in [6.45, 7) is 6.04. The standard InChI is InChI=1S/C19H22N4O2S/c1-19(2,3)17-20-14-13(16(24)23(5)18(25)22(14)4)15(21-17)26-11-12-9-7-6-8-10-12/h6-10H,11H2,1-5H3. The third-order valence-corrected chi connectivity index (χ3v) is 5.20. The molecule has 136 valence electrons. The van der Waals surface area contributed by atoms with Gasteiger partial charge >= 0.3 is 5.69 Å². The van der Waals surface area contributed by atoms with E-state index in [4.69, 9.17) is 0 Å². The molecule has 0 unspecified atom stereocenters. The smallest absolute Gasteiger partial charge is 0.280 e. The van der Waals surface area contributed by atoms with Crippen LogP contribution in [-0.4, -0.2) is 19.1 Å². The zero-order valence-corrected chi connectivity index (χ0v) is 16.4. The Bertz CT molecular complexity index is 1080. The molecular formula is C19H22N4O2S. The van der Waals surface area contributed by atoms with Crippen molar-refractivity contribution in [2.24, 2.45) is 14.1 Å². The first-order valence-electron chi connectivity index (χ1n) is 8.35. The summed E-state index contributed by atoms with van der Waals surface area (Å²) in [4.78, 5) is 34.3. The first kappa shape index (κ1) is 18.4. The van der Waals surface area contributed by atoms with Gasteiger partial charge < -0.3 is 0 Å². The van der Waals surface area contributed by atoms with Crippen LogP contribution in [0.2, 0.25) is 0 Å². The summed E-state index contributed by atoms with van der Waals surface area (Å²) < 4.78 is 2.52. The second-order valence-electron chi connectivity index (χ2n) is 7.28. The van der Waals surface area contributed by atoms with E-state index in [0.29, 0.717) is 27.6 Å². The highest BCUT2D eigenvalue weighted by atomic mass is 32.2. The summed E-state index contributed by atoms with van der Waals surface area (Å²) in [7, 11) is 3.11. The van der Waals surface area contributed by atoms with E-state index in [1.165, 1.54) is 23.4 Å². The van der Waals surface area contributed by atoms with Crippen LogP contribution in [0.1, 0.15) is 32.2 Å². The van der Waals surface area contributed by atoms with Crippen LogP contribution in [0.4, 0.5) is 0 Å². The monoisotopic (exact) mass is 370 g/mol. The van der Waals surface area contributed by atoms with Crippen molar-refractivity contribution in [1.82, 2.24) is 19.1 Å². The van der Waals surface area contributed by atoms with E-state index in [1.54, 1.807) is 7.05 Å². The molecular weight excluding hydrogens is 348 g/mol. The van der Waals surface area contributed by atoms with Gasteiger partial charge in [-0.15, -0.1) is 11.8 Å². The van der Waals surface area contributed by atoms with Gasteiger partial charge in [0.15, 0.2) is 5.65 Å². The predicted octanol–water partition coefficient (Wildman–Crippen LogP) is 2.62. The molecule has 0 saturated carbocycles. The summed E-state index contributed by atoms with van der Waals surface area (Å²) in [5.41, 5.74) is 0.476. The van der Waals surface area contributed by atoms with E-state index in [1.807, 2.05) is 51.1 Å². The molecule has 7 heteroatoms. The fourth-order valence-corrected chi connectivity index (χ4v) is 3.56. The number of fused-ring (bicyclic) bond motifs is 1. The number of benzene rings is 1. The molecule has 1 aromatic carbocycles. The maximum absolute atomic E-state index is 12.8. The van der Waals surface area contributed by atoms with Crippen molar-refractivity contribution in [3.8, 4) is 0 Å². The fourth-order valence-electron chi connectivity index (χ4n) is 2.59. The predicted molar refractivity (Wildman–Crippen MR) is 105 cm³/mol. The van der Waals surface area contributed by atoms with Gasteiger partial charge in [0.25, 0.3) is 5.56 Å². The number of rotatable bonds is 3. The number of thioether (sulfide) groups is 1. The lowest BCUT2D eigenvalue weighted by atomic mass is 9.96. The second kappa shape index (κ2) is 6.72. The Hall–Kier alpha value is -2.41. The molecule has 0 fully saturated rings. The highest BCUT2D eigenvalue weighted by Crippen LogP contribution is 2.28. The van der Waals surface area contributed by atoms with Gasteiger partial charge in [-0.05, 0) is 5.56 Å². The Balaban J connectivity index is 2.25. The molecule has 0 N–H and O–H groups in total. The van der Waals surface area contributed by atoms with Crippen LogP contribution in [-0.2, 0) is 25.3 Å². The SMILES string of the molecule is Cn1c(=O)c2c(SCc3ccccc3)nc(C(C)(C)C)nc2n(C)c1=O. The summed E-state index contributed by atoms with van der Waals surface area (Å²) in [6, 6.07) is 10.0. The van der Waals surface area contributed by atoms with E-state index in [-0.39, 0.29) is 16.7 Å². The van der Waals surface area contributed by atoms with Gasteiger partial charge in [-0.2, -0.15) is 0 Å². The van der Waals surface area contributed by atoms with Crippen molar-refractivity contribution in [3.63, 3.8) is 0 Å². The zero-order valence-electron chi connectivity index (χ0n) is 15.6. The minimum absolute atomic E-state index is 0.298. The molecule has 0 saturated heterocycles. The number of hydrogen-bond acceptors (Lipinski definition) is 5. The van der Waals surface area contributed by atoms with Crippen LogP contribution in [0.25, 0.3) is 11.0 Å². The van der Waals surface area contributed by atoms with Gasteiger partial charge in [0.2, 0.25) is 0 Å². The highest BCUT2D eigenvalue weighted by Gasteiger charge is 2.23. The first-order chi connectivity index (χ1) is 12.2. The molecule has 26 heavy (non-hydrogen) atoms. The van der Waals surface area contributed by atoms with Crippen molar-refractivity contribution >= 4 is 22.8 Å². The van der Waals surface area contributed by atoms with Crippen LogP contribution in [0.5, 0.6) is 0 Å². The molecule has 6 nitrogen and oxygen atoms in total. The van der Waals surface area contributed by atoms with E-state index in [2.05, 4.69) is 9.97 Å². The molecule has 2 aromatic heterocycles. The number of hydrogen-bond donors (Lipinski definition) is 0. The Morgan fingerprint density at radius 2 is 1.65 bits per heavy atom. The summed E-state index contributed by atoms with van der Waals surface area (Å²) >= 11 is 1.49. The van der Waals surface area contributed by atoms with Gasteiger partial charge in [-0.3, -0.25) is 13.9 Å². The number of nitrogens with zero attached hydrogens (tertiary/aromatic N) is 4. The van der Waals surface area contributed by atoms with Crippen LogP contribution >= 0.6 is 11.8 Å². The van der Waals surface area contributed by atoms with E-state index < -0.39 is 0 Å². The number of aromatic nitrogens is 4. The van der Waals surface area contributed by atoms with Crippen LogP contribution in [0.3, 0.4) is 0 Å². The lowest BCUT2D eigenvalue weighted by Crippen LogP contribution is -2.38. The summed E-state index contributed by atoms with van der Waals surface area (Å²) in [5.74, 6) is 1.30. The Morgan fingerprint density at radius 1 is 1.00 bits per heavy atom. The molecule has 0 aliphatic rings. The van der Waals surface area contributed by atoms with Crippen LogP contribution in [0, 0.1) is 0 Å². The average Bonchev–Trinajstić information content (AvgIpc) is 2.62. The molecule has 0 amide bonds. The van der Waals surface area contributed by atoms with Crippen molar-refractivity contribution in [1.29, 1.82) is 0 Å². The molecule has 0 aliphatic heterocycles. The maximum atomic E-state index is 12.8. The third-order valence-electron chi connectivity index (χ3n) is 4.16. The van der Waals surface area contributed by atoms with E-state index >= 15 is 0 Å². The fraction of sp³-hybridized carbons (Fsp3) is 0.368. The summed E-state index contributed by atoms with van der Waals surface area (Å²) in [6.07, 6.45) is 0. The van der Waals surface area contributed by atoms with Gasteiger partial charge in [0.05, 0.1) is 0 Å². The third kappa shape index (κ3) is 3.31. The maximum Gasteiger partial charge on any atom is 0.332 e. The molecule has 0 radical (unpaired) electrons. The lowest BCUT2D eigenvalue weighted by molar-refractivity contribution is 0.539. The highest BCUT2D eigenvalue weighted by molar-refractivity contribution is 7.98. The average molecular weight is 370 g/mol. The van der Waals surface area contributed by atoms with Gasteiger partial charge in [-0.25, -0.2) is 14.8 Å². The Morgan fingerprint density at radius 3 is 2.27 bits per heavy atom. The van der Waals surface area contributed by atoms with Gasteiger partial charge in [0.1, 0.15) is 16.2 Å². The Labute approximate surface area is 155 Å². The quantitative estimate of drug-likeness (QED) is 0.524. The van der Waals surface area contributed by atoms with E-state index in [0.717, 1.165) is 10.1 Å². The van der Waals surface area contributed by atoms with Crippen LogP contribution in [0.15, 0.2) is 44.9 Å². The molecule has 0 atom stereocenters. The lowest BCUT2D eigenvalue weighted by Gasteiger charge is -2.19. The molecule has 2 heterocycles. The largest absolute Gasteiger partial charge is 0.332 e. The molecule has 0 bridgehead atoms. The van der Waals surface area contributed by atoms with Crippen molar-refractivity contribution in [2.45, 2.75) is 37.0 Å². The van der Waals surface area contributed by atoms with Crippen molar-refractivity contribution in [2.75, 3.05) is 0 Å².